The van der Waals surface area contributed by atoms with Crippen LogP contribution in [0.15, 0.2) is 71.8 Å². The maximum Gasteiger partial charge on any atom is 0.276 e. The zero-order chi connectivity index (χ0) is 24.4. The molecule has 1 amide bonds. The number of benzene rings is 2. The lowest BCUT2D eigenvalue weighted by atomic mass is 10.1. The smallest absolute Gasteiger partial charge is 0.276 e. The van der Waals surface area contributed by atoms with E-state index >= 15 is 0 Å². The predicted octanol–water partition coefficient (Wildman–Crippen LogP) is 3.05. The average molecular weight is 476 g/mol. The van der Waals surface area contributed by atoms with Crippen LogP contribution in [0, 0.1) is 5.82 Å². The maximum atomic E-state index is 13.2. The molecule has 9 heteroatoms. The second kappa shape index (κ2) is 9.61. The van der Waals surface area contributed by atoms with E-state index < -0.39 is 0 Å². The number of carbonyl (C=O) groups is 1. The first-order valence-electron chi connectivity index (χ1n) is 11.5. The average Bonchev–Trinajstić information content (AvgIpc) is 3.34. The highest BCUT2D eigenvalue weighted by Gasteiger charge is 2.21. The van der Waals surface area contributed by atoms with Crippen molar-refractivity contribution in [3.05, 3.63) is 83.2 Å². The van der Waals surface area contributed by atoms with Crippen LogP contribution in [0.25, 0.3) is 16.8 Å². The molecule has 0 saturated carbocycles. The third-order valence-corrected chi connectivity index (χ3v) is 6.36. The van der Waals surface area contributed by atoms with Gasteiger partial charge in [0.1, 0.15) is 17.1 Å². The number of anilines is 1. The van der Waals surface area contributed by atoms with Gasteiger partial charge in [-0.1, -0.05) is 6.07 Å². The zero-order valence-electron chi connectivity index (χ0n) is 19.4. The highest BCUT2D eigenvalue weighted by Crippen LogP contribution is 2.22. The molecule has 0 atom stereocenters. The minimum atomic E-state index is -0.328. The molecule has 1 saturated heterocycles. The number of nitrogens with zero attached hydrogens (tertiary/aromatic N) is 5. The number of ether oxygens (including phenoxy) is 1. The van der Waals surface area contributed by atoms with E-state index in [1.165, 1.54) is 21.2 Å². The Morgan fingerprint density at radius 3 is 2.54 bits per heavy atom. The topological polar surface area (TPSA) is 72.1 Å². The normalized spacial score (nSPS) is 13.9. The van der Waals surface area contributed by atoms with Gasteiger partial charge in [0.2, 0.25) is 5.91 Å². The summed E-state index contributed by atoms with van der Waals surface area (Å²) in [5.74, 6) is 0.514. The summed E-state index contributed by atoms with van der Waals surface area (Å²) in [6.45, 7) is 3.04. The molecule has 0 N–H and O–H groups in total. The van der Waals surface area contributed by atoms with Crippen LogP contribution in [-0.2, 0) is 11.3 Å². The molecule has 1 fully saturated rings. The van der Waals surface area contributed by atoms with Crippen molar-refractivity contribution in [1.82, 2.24) is 19.1 Å². The van der Waals surface area contributed by atoms with Crippen LogP contribution in [-0.4, -0.2) is 58.3 Å². The number of fused-ring (bicyclic) bond motifs is 1. The van der Waals surface area contributed by atoms with Crippen molar-refractivity contribution in [2.75, 3.05) is 38.2 Å². The molecule has 0 bridgehead atoms. The standard InChI is InChI=1S/C26H26FN5O3/c1-35-22-4-2-3-21(17-22)29-11-13-30(14-12-29)25(33)9-10-31-15-16-32-24(26(31)34)18-23(28-32)19-5-7-20(27)8-6-19/h2-8,15-18H,9-14H2,1H3. The number of carbonyl (C=O) groups excluding carboxylic acids is 1. The predicted molar refractivity (Wildman–Crippen MR) is 131 cm³/mol. The molecule has 180 valence electrons. The summed E-state index contributed by atoms with van der Waals surface area (Å²) < 4.78 is 21.6. The van der Waals surface area contributed by atoms with Gasteiger partial charge in [-0.15, -0.1) is 0 Å². The highest BCUT2D eigenvalue weighted by atomic mass is 19.1. The zero-order valence-corrected chi connectivity index (χ0v) is 19.4. The van der Waals surface area contributed by atoms with Gasteiger partial charge >= 0.3 is 0 Å². The molecule has 2 aromatic heterocycles. The number of amides is 1. The lowest BCUT2D eigenvalue weighted by Crippen LogP contribution is -2.49. The summed E-state index contributed by atoms with van der Waals surface area (Å²) in [7, 11) is 1.65. The molecule has 0 spiro atoms. The number of rotatable bonds is 6. The van der Waals surface area contributed by atoms with Gasteiger partial charge in [-0.25, -0.2) is 8.91 Å². The molecular formula is C26H26FN5O3. The summed E-state index contributed by atoms with van der Waals surface area (Å²) in [4.78, 5) is 29.9. The number of halogens is 1. The van der Waals surface area contributed by atoms with Gasteiger partial charge in [-0.3, -0.25) is 9.59 Å². The Balaban J connectivity index is 1.21. The first-order chi connectivity index (χ1) is 17.0. The molecule has 1 aliphatic heterocycles. The minimum Gasteiger partial charge on any atom is -0.497 e. The summed E-state index contributed by atoms with van der Waals surface area (Å²) in [5.41, 5.74) is 2.58. The summed E-state index contributed by atoms with van der Waals surface area (Å²) in [6, 6.07) is 15.6. The van der Waals surface area contributed by atoms with Crippen LogP contribution in [0.2, 0.25) is 0 Å². The summed E-state index contributed by atoms with van der Waals surface area (Å²) in [6.07, 6.45) is 3.58. The van der Waals surface area contributed by atoms with Crippen LogP contribution >= 0.6 is 0 Å². The molecule has 1 aliphatic rings. The van der Waals surface area contributed by atoms with Crippen molar-refractivity contribution in [1.29, 1.82) is 0 Å². The van der Waals surface area contributed by atoms with Crippen molar-refractivity contribution < 1.29 is 13.9 Å². The van der Waals surface area contributed by atoms with Crippen LogP contribution in [0.3, 0.4) is 0 Å². The lowest BCUT2D eigenvalue weighted by Gasteiger charge is -2.36. The first-order valence-corrected chi connectivity index (χ1v) is 11.5. The quantitative estimate of drug-likeness (QED) is 0.429. The maximum absolute atomic E-state index is 13.2. The molecule has 8 nitrogen and oxygen atoms in total. The van der Waals surface area contributed by atoms with Gasteiger partial charge < -0.3 is 19.1 Å². The van der Waals surface area contributed by atoms with Crippen LogP contribution in [0.4, 0.5) is 10.1 Å². The van der Waals surface area contributed by atoms with E-state index in [2.05, 4.69) is 10.00 Å². The van der Waals surface area contributed by atoms with Gasteiger partial charge in [-0.05, 0) is 42.5 Å². The van der Waals surface area contributed by atoms with E-state index in [1.54, 1.807) is 37.7 Å². The van der Waals surface area contributed by atoms with Gasteiger partial charge in [0.15, 0.2) is 0 Å². The molecule has 4 aromatic rings. The van der Waals surface area contributed by atoms with Gasteiger partial charge in [0.25, 0.3) is 5.56 Å². The van der Waals surface area contributed by atoms with Crippen molar-refractivity contribution in [3.8, 4) is 17.0 Å². The molecule has 5 rings (SSSR count). The fourth-order valence-corrected chi connectivity index (χ4v) is 4.36. The van der Waals surface area contributed by atoms with E-state index in [1.807, 2.05) is 29.2 Å². The van der Waals surface area contributed by atoms with Crippen molar-refractivity contribution in [2.45, 2.75) is 13.0 Å². The monoisotopic (exact) mass is 475 g/mol. The van der Waals surface area contributed by atoms with E-state index in [9.17, 15) is 14.0 Å². The fraction of sp³-hybridized carbons (Fsp3) is 0.269. The fourth-order valence-electron chi connectivity index (χ4n) is 4.36. The Hall–Kier alpha value is -4.14. The molecule has 0 aliphatic carbocycles. The molecule has 2 aromatic carbocycles. The number of hydrogen-bond acceptors (Lipinski definition) is 5. The van der Waals surface area contributed by atoms with E-state index in [-0.39, 0.29) is 23.7 Å². The molecule has 35 heavy (non-hydrogen) atoms. The Kier molecular flexibility index (Phi) is 6.22. The Labute approximate surface area is 201 Å². The van der Waals surface area contributed by atoms with Crippen molar-refractivity contribution in [2.24, 2.45) is 0 Å². The Morgan fingerprint density at radius 2 is 1.80 bits per heavy atom. The minimum absolute atomic E-state index is 0.0302. The number of aryl methyl sites for hydroxylation is 1. The number of aromatic nitrogens is 3. The number of hydrogen-bond donors (Lipinski definition) is 0. The summed E-state index contributed by atoms with van der Waals surface area (Å²) in [5, 5.41) is 4.42. The first kappa shape index (κ1) is 22.6. The van der Waals surface area contributed by atoms with Crippen LogP contribution < -0.4 is 15.2 Å². The van der Waals surface area contributed by atoms with E-state index in [0.29, 0.717) is 30.8 Å². The van der Waals surface area contributed by atoms with Crippen LogP contribution in [0.1, 0.15) is 6.42 Å². The highest BCUT2D eigenvalue weighted by molar-refractivity contribution is 5.76. The third kappa shape index (κ3) is 4.75. The lowest BCUT2D eigenvalue weighted by molar-refractivity contribution is -0.131. The van der Waals surface area contributed by atoms with Crippen molar-refractivity contribution in [3.63, 3.8) is 0 Å². The largest absolute Gasteiger partial charge is 0.497 e. The Morgan fingerprint density at radius 1 is 1.03 bits per heavy atom. The van der Waals surface area contributed by atoms with E-state index in [4.69, 9.17) is 4.74 Å². The Bertz CT molecular complexity index is 1400. The summed E-state index contributed by atoms with van der Waals surface area (Å²) >= 11 is 0. The molecule has 3 heterocycles. The molecule has 0 radical (unpaired) electrons. The number of piperazine rings is 1. The van der Waals surface area contributed by atoms with Crippen LogP contribution in [0.5, 0.6) is 5.75 Å². The van der Waals surface area contributed by atoms with E-state index in [0.717, 1.165) is 30.1 Å². The van der Waals surface area contributed by atoms with Gasteiger partial charge in [0, 0.05) is 68.9 Å². The van der Waals surface area contributed by atoms with Crippen molar-refractivity contribution >= 4 is 17.1 Å². The van der Waals surface area contributed by atoms with Gasteiger partial charge in [-0.2, -0.15) is 5.10 Å². The third-order valence-electron chi connectivity index (χ3n) is 6.36. The van der Waals surface area contributed by atoms with Gasteiger partial charge in [0.05, 0.1) is 12.8 Å². The molecule has 0 unspecified atom stereocenters. The molecular weight excluding hydrogens is 449 g/mol. The SMILES string of the molecule is COc1cccc(N2CCN(C(=O)CCn3ccn4nc(-c5ccc(F)cc5)cc4c3=O)CC2)c1. The second-order valence-electron chi connectivity index (χ2n) is 8.48. The second-order valence-corrected chi connectivity index (χ2v) is 8.48. The number of methoxy groups -OCH3 is 1.